The van der Waals surface area contributed by atoms with Crippen LogP contribution in [0.4, 0.5) is 0 Å². The molecule has 1 aromatic carbocycles. The van der Waals surface area contributed by atoms with Gasteiger partial charge in [-0.3, -0.25) is 5.10 Å². The monoisotopic (exact) mass is 259 g/mol. The Hall–Kier alpha value is -1.65. The predicted molar refractivity (Wildman–Crippen MR) is 76.8 cm³/mol. The maximum absolute atomic E-state index is 5.07. The molecule has 1 atom stereocenters. The van der Waals surface area contributed by atoms with Crippen LogP contribution >= 0.6 is 0 Å². The van der Waals surface area contributed by atoms with E-state index in [0.29, 0.717) is 6.04 Å². The largest absolute Gasteiger partial charge is 0.385 e. The number of ether oxygens (including phenoxy) is 1. The van der Waals surface area contributed by atoms with E-state index in [1.165, 1.54) is 5.56 Å². The Kier molecular flexibility index (Phi) is 5.12. The fourth-order valence-electron chi connectivity index (χ4n) is 1.91. The zero-order chi connectivity index (χ0) is 13.5. The van der Waals surface area contributed by atoms with E-state index >= 15 is 0 Å². The van der Waals surface area contributed by atoms with Crippen LogP contribution in [0.5, 0.6) is 0 Å². The molecule has 0 fully saturated rings. The van der Waals surface area contributed by atoms with E-state index < -0.39 is 0 Å². The van der Waals surface area contributed by atoms with Gasteiger partial charge in [-0.25, -0.2) is 0 Å². The SMILES string of the molecule is COCCC(C)NCc1ccc(-c2ccn[nH]2)cc1. The van der Waals surface area contributed by atoms with Crippen molar-refractivity contribution in [2.45, 2.75) is 25.9 Å². The molecular weight excluding hydrogens is 238 g/mol. The van der Waals surface area contributed by atoms with E-state index in [1.807, 2.05) is 6.07 Å². The Morgan fingerprint density at radius 2 is 2.05 bits per heavy atom. The molecule has 0 aliphatic rings. The van der Waals surface area contributed by atoms with Crippen LogP contribution in [0.1, 0.15) is 18.9 Å². The first-order valence-electron chi connectivity index (χ1n) is 6.60. The van der Waals surface area contributed by atoms with Crippen molar-refractivity contribution in [1.82, 2.24) is 15.5 Å². The molecule has 0 bridgehead atoms. The van der Waals surface area contributed by atoms with Crippen molar-refractivity contribution < 1.29 is 4.74 Å². The van der Waals surface area contributed by atoms with Gasteiger partial charge >= 0.3 is 0 Å². The fourth-order valence-corrected chi connectivity index (χ4v) is 1.91. The highest BCUT2D eigenvalue weighted by molar-refractivity contribution is 5.58. The lowest BCUT2D eigenvalue weighted by Crippen LogP contribution is -2.26. The van der Waals surface area contributed by atoms with Gasteiger partial charge in [0.1, 0.15) is 0 Å². The third-order valence-electron chi connectivity index (χ3n) is 3.18. The first-order chi connectivity index (χ1) is 9.29. The number of rotatable bonds is 7. The summed E-state index contributed by atoms with van der Waals surface area (Å²) in [4.78, 5) is 0. The highest BCUT2D eigenvalue weighted by Crippen LogP contribution is 2.16. The summed E-state index contributed by atoms with van der Waals surface area (Å²) in [5.74, 6) is 0. The summed E-state index contributed by atoms with van der Waals surface area (Å²) in [6.45, 7) is 3.86. The van der Waals surface area contributed by atoms with Gasteiger partial charge in [0.15, 0.2) is 0 Å². The number of aromatic amines is 1. The first-order valence-corrected chi connectivity index (χ1v) is 6.60. The second kappa shape index (κ2) is 7.07. The topological polar surface area (TPSA) is 49.9 Å². The quantitative estimate of drug-likeness (QED) is 0.803. The molecule has 2 N–H and O–H groups in total. The molecule has 0 amide bonds. The first kappa shape index (κ1) is 13.8. The minimum Gasteiger partial charge on any atom is -0.385 e. The summed E-state index contributed by atoms with van der Waals surface area (Å²) in [6.07, 6.45) is 2.80. The molecule has 0 spiro atoms. The molecule has 1 aromatic heterocycles. The van der Waals surface area contributed by atoms with Crippen molar-refractivity contribution in [2.75, 3.05) is 13.7 Å². The molecule has 4 heteroatoms. The van der Waals surface area contributed by atoms with E-state index in [4.69, 9.17) is 4.74 Å². The minimum absolute atomic E-state index is 0.465. The number of hydrogen-bond acceptors (Lipinski definition) is 3. The van der Waals surface area contributed by atoms with Gasteiger partial charge < -0.3 is 10.1 Å². The van der Waals surface area contributed by atoms with Crippen molar-refractivity contribution >= 4 is 0 Å². The van der Waals surface area contributed by atoms with Crippen molar-refractivity contribution in [3.8, 4) is 11.3 Å². The lowest BCUT2D eigenvalue weighted by molar-refractivity contribution is 0.184. The Morgan fingerprint density at radius 1 is 1.26 bits per heavy atom. The van der Waals surface area contributed by atoms with Crippen LogP contribution in [-0.2, 0) is 11.3 Å². The summed E-state index contributed by atoms with van der Waals surface area (Å²) in [5.41, 5.74) is 3.49. The molecular formula is C15H21N3O. The van der Waals surface area contributed by atoms with Gasteiger partial charge in [-0.05, 0) is 30.5 Å². The van der Waals surface area contributed by atoms with Gasteiger partial charge in [-0.2, -0.15) is 5.10 Å². The number of methoxy groups -OCH3 is 1. The number of nitrogens with zero attached hydrogens (tertiary/aromatic N) is 1. The van der Waals surface area contributed by atoms with E-state index in [1.54, 1.807) is 13.3 Å². The zero-order valence-corrected chi connectivity index (χ0v) is 11.5. The normalized spacial score (nSPS) is 12.5. The zero-order valence-electron chi connectivity index (χ0n) is 11.5. The Morgan fingerprint density at radius 3 is 2.68 bits per heavy atom. The molecule has 19 heavy (non-hydrogen) atoms. The van der Waals surface area contributed by atoms with E-state index in [0.717, 1.165) is 30.8 Å². The van der Waals surface area contributed by atoms with E-state index in [9.17, 15) is 0 Å². The summed E-state index contributed by atoms with van der Waals surface area (Å²) in [5, 5.41) is 10.4. The van der Waals surface area contributed by atoms with E-state index in [2.05, 4.69) is 46.7 Å². The van der Waals surface area contributed by atoms with Gasteiger partial charge in [0.05, 0.1) is 5.69 Å². The molecule has 0 radical (unpaired) electrons. The maximum atomic E-state index is 5.07. The van der Waals surface area contributed by atoms with Gasteiger partial charge in [0, 0.05) is 32.5 Å². The van der Waals surface area contributed by atoms with Crippen LogP contribution in [0.3, 0.4) is 0 Å². The van der Waals surface area contributed by atoms with Crippen LogP contribution < -0.4 is 5.32 Å². The van der Waals surface area contributed by atoms with Crippen LogP contribution in [0, 0.1) is 0 Å². The summed E-state index contributed by atoms with van der Waals surface area (Å²) >= 11 is 0. The summed E-state index contributed by atoms with van der Waals surface area (Å²) < 4.78 is 5.07. The Balaban J connectivity index is 1.85. The number of hydrogen-bond donors (Lipinski definition) is 2. The molecule has 2 rings (SSSR count). The average Bonchev–Trinajstić information content (AvgIpc) is 2.97. The van der Waals surface area contributed by atoms with Crippen LogP contribution in [0.25, 0.3) is 11.3 Å². The lowest BCUT2D eigenvalue weighted by Gasteiger charge is -2.13. The molecule has 0 aliphatic carbocycles. The second-order valence-electron chi connectivity index (χ2n) is 4.73. The highest BCUT2D eigenvalue weighted by atomic mass is 16.5. The van der Waals surface area contributed by atoms with Crippen LogP contribution in [-0.4, -0.2) is 30.0 Å². The number of nitrogens with one attached hydrogen (secondary N) is 2. The molecule has 2 aromatic rings. The standard InChI is InChI=1S/C15H21N3O/c1-12(8-10-19-2)16-11-13-3-5-14(6-4-13)15-7-9-17-18-15/h3-7,9,12,16H,8,10-11H2,1-2H3,(H,17,18). The lowest BCUT2D eigenvalue weighted by atomic mass is 10.1. The predicted octanol–water partition coefficient (Wildman–Crippen LogP) is 2.59. The van der Waals surface area contributed by atoms with Gasteiger partial charge in [0.25, 0.3) is 0 Å². The van der Waals surface area contributed by atoms with Crippen LogP contribution in [0.15, 0.2) is 36.5 Å². The number of benzene rings is 1. The maximum Gasteiger partial charge on any atom is 0.0650 e. The van der Waals surface area contributed by atoms with Crippen molar-refractivity contribution in [1.29, 1.82) is 0 Å². The van der Waals surface area contributed by atoms with Crippen molar-refractivity contribution in [3.05, 3.63) is 42.1 Å². The molecule has 4 nitrogen and oxygen atoms in total. The third-order valence-corrected chi connectivity index (χ3v) is 3.18. The number of H-pyrrole nitrogens is 1. The van der Waals surface area contributed by atoms with Crippen LogP contribution in [0.2, 0.25) is 0 Å². The summed E-state index contributed by atoms with van der Waals surface area (Å²) in [6, 6.07) is 11.0. The van der Waals surface area contributed by atoms with Gasteiger partial charge in [-0.15, -0.1) is 0 Å². The molecule has 0 saturated carbocycles. The highest BCUT2D eigenvalue weighted by Gasteiger charge is 2.02. The Labute approximate surface area is 114 Å². The molecule has 102 valence electrons. The molecule has 1 heterocycles. The second-order valence-corrected chi connectivity index (χ2v) is 4.73. The smallest absolute Gasteiger partial charge is 0.0650 e. The molecule has 0 aliphatic heterocycles. The summed E-state index contributed by atoms with van der Waals surface area (Å²) in [7, 11) is 1.74. The molecule has 1 unspecified atom stereocenters. The minimum atomic E-state index is 0.465. The Bertz CT molecular complexity index is 465. The number of aromatic nitrogens is 2. The molecule has 0 saturated heterocycles. The van der Waals surface area contributed by atoms with Crippen molar-refractivity contribution in [2.24, 2.45) is 0 Å². The van der Waals surface area contributed by atoms with Gasteiger partial charge in [-0.1, -0.05) is 24.3 Å². The average molecular weight is 259 g/mol. The third kappa shape index (κ3) is 4.19. The van der Waals surface area contributed by atoms with Crippen molar-refractivity contribution in [3.63, 3.8) is 0 Å². The fraction of sp³-hybridized carbons (Fsp3) is 0.400. The van der Waals surface area contributed by atoms with Gasteiger partial charge in [0.2, 0.25) is 0 Å². The van der Waals surface area contributed by atoms with E-state index in [-0.39, 0.29) is 0 Å².